The topological polar surface area (TPSA) is 58.6 Å². The third kappa shape index (κ3) is 3.96. The van der Waals surface area contributed by atoms with Crippen molar-refractivity contribution in [3.8, 4) is 5.75 Å². The first-order chi connectivity index (χ1) is 9.03. The smallest absolute Gasteiger partial charge is 0.225 e. The summed E-state index contributed by atoms with van der Waals surface area (Å²) in [6.45, 7) is 6.20. The van der Waals surface area contributed by atoms with Crippen molar-refractivity contribution < 1.29 is 14.6 Å². The summed E-state index contributed by atoms with van der Waals surface area (Å²) in [4.78, 5) is 11.8. The van der Waals surface area contributed by atoms with Gasteiger partial charge in [0, 0.05) is 12.1 Å². The monoisotopic (exact) mass is 265 g/mol. The fourth-order valence-electron chi connectivity index (χ4n) is 2.08. The molecule has 106 valence electrons. The molecule has 1 aromatic rings. The van der Waals surface area contributed by atoms with E-state index in [9.17, 15) is 4.79 Å². The number of carbonyl (C=O) groups is 1. The Bertz CT molecular complexity index is 439. The lowest BCUT2D eigenvalue weighted by molar-refractivity contribution is -0.126. The summed E-state index contributed by atoms with van der Waals surface area (Å²) in [6, 6.07) is 4.02. The summed E-state index contributed by atoms with van der Waals surface area (Å²) in [6.07, 6.45) is 0.631. The SMILES string of the molecule is CCC(CO)C(=O)NCc1c(C)cc(C)cc1OC. The lowest BCUT2D eigenvalue weighted by atomic mass is 10.0. The lowest BCUT2D eigenvalue weighted by Gasteiger charge is -2.16. The minimum Gasteiger partial charge on any atom is -0.496 e. The summed E-state index contributed by atoms with van der Waals surface area (Å²) in [5.41, 5.74) is 3.20. The summed E-state index contributed by atoms with van der Waals surface area (Å²) in [5.74, 6) is 0.332. The Morgan fingerprint density at radius 3 is 2.63 bits per heavy atom. The van der Waals surface area contributed by atoms with Gasteiger partial charge in [-0.15, -0.1) is 0 Å². The number of rotatable bonds is 6. The largest absolute Gasteiger partial charge is 0.496 e. The van der Waals surface area contributed by atoms with Gasteiger partial charge in [-0.25, -0.2) is 0 Å². The Labute approximate surface area is 114 Å². The van der Waals surface area contributed by atoms with Gasteiger partial charge in [-0.1, -0.05) is 13.0 Å². The Morgan fingerprint density at radius 2 is 2.11 bits per heavy atom. The first-order valence-electron chi connectivity index (χ1n) is 6.56. The highest BCUT2D eigenvalue weighted by molar-refractivity contribution is 5.78. The van der Waals surface area contributed by atoms with Gasteiger partial charge >= 0.3 is 0 Å². The van der Waals surface area contributed by atoms with Crippen LogP contribution in [0, 0.1) is 19.8 Å². The number of hydrogen-bond acceptors (Lipinski definition) is 3. The summed E-state index contributed by atoms with van der Waals surface area (Å²) in [5, 5.41) is 12.0. The van der Waals surface area contributed by atoms with E-state index in [1.54, 1.807) is 7.11 Å². The second kappa shape index (κ2) is 7.14. The molecule has 0 radical (unpaired) electrons. The number of benzene rings is 1. The number of aliphatic hydroxyl groups excluding tert-OH is 1. The molecule has 0 saturated carbocycles. The van der Waals surface area contributed by atoms with Crippen LogP contribution in [0.25, 0.3) is 0 Å². The molecule has 0 aliphatic rings. The number of carbonyl (C=O) groups excluding carboxylic acids is 1. The molecule has 0 aromatic heterocycles. The number of nitrogens with one attached hydrogen (secondary N) is 1. The molecule has 0 saturated heterocycles. The van der Waals surface area contributed by atoms with Crippen LogP contribution < -0.4 is 10.1 Å². The molecule has 1 aromatic carbocycles. The van der Waals surface area contributed by atoms with Crippen molar-refractivity contribution in [1.82, 2.24) is 5.32 Å². The number of aryl methyl sites for hydroxylation is 2. The van der Waals surface area contributed by atoms with E-state index >= 15 is 0 Å². The van der Waals surface area contributed by atoms with Gasteiger partial charge in [-0.2, -0.15) is 0 Å². The molecule has 0 spiro atoms. The fraction of sp³-hybridized carbons (Fsp3) is 0.533. The molecule has 2 N–H and O–H groups in total. The van der Waals surface area contributed by atoms with Crippen molar-refractivity contribution in [2.75, 3.05) is 13.7 Å². The van der Waals surface area contributed by atoms with E-state index in [4.69, 9.17) is 9.84 Å². The average Bonchev–Trinajstić information content (AvgIpc) is 2.38. The molecular weight excluding hydrogens is 242 g/mol. The van der Waals surface area contributed by atoms with E-state index in [1.807, 2.05) is 26.8 Å². The predicted octanol–water partition coefficient (Wildman–Crippen LogP) is 1.95. The number of amides is 1. The minimum absolute atomic E-state index is 0.118. The Hall–Kier alpha value is -1.55. The third-order valence-corrected chi connectivity index (χ3v) is 3.32. The maximum Gasteiger partial charge on any atom is 0.225 e. The molecule has 0 bridgehead atoms. The first-order valence-corrected chi connectivity index (χ1v) is 6.56. The van der Waals surface area contributed by atoms with Crippen molar-refractivity contribution >= 4 is 5.91 Å². The van der Waals surface area contributed by atoms with Gasteiger partial charge in [0.2, 0.25) is 5.91 Å². The van der Waals surface area contributed by atoms with Crippen molar-refractivity contribution in [3.05, 3.63) is 28.8 Å². The maximum atomic E-state index is 11.8. The van der Waals surface area contributed by atoms with Gasteiger partial charge in [-0.3, -0.25) is 4.79 Å². The Kier molecular flexibility index (Phi) is 5.83. The summed E-state index contributed by atoms with van der Waals surface area (Å²) < 4.78 is 5.35. The van der Waals surface area contributed by atoms with Crippen molar-refractivity contribution in [1.29, 1.82) is 0 Å². The van der Waals surface area contributed by atoms with Crippen LogP contribution >= 0.6 is 0 Å². The highest BCUT2D eigenvalue weighted by Crippen LogP contribution is 2.24. The fourth-order valence-corrected chi connectivity index (χ4v) is 2.08. The molecule has 1 rings (SSSR count). The van der Waals surface area contributed by atoms with Crippen LogP contribution in [0.15, 0.2) is 12.1 Å². The minimum atomic E-state index is -0.336. The predicted molar refractivity (Wildman–Crippen MR) is 75.2 cm³/mol. The van der Waals surface area contributed by atoms with Crippen LogP contribution in [-0.2, 0) is 11.3 Å². The van der Waals surface area contributed by atoms with Crippen LogP contribution in [0.1, 0.15) is 30.0 Å². The molecule has 4 nitrogen and oxygen atoms in total. The highest BCUT2D eigenvalue weighted by Gasteiger charge is 2.16. The highest BCUT2D eigenvalue weighted by atomic mass is 16.5. The second-order valence-electron chi connectivity index (χ2n) is 4.77. The summed E-state index contributed by atoms with van der Waals surface area (Å²) >= 11 is 0. The van der Waals surface area contributed by atoms with Crippen LogP contribution in [0.2, 0.25) is 0 Å². The van der Waals surface area contributed by atoms with E-state index in [1.165, 1.54) is 0 Å². The zero-order chi connectivity index (χ0) is 14.4. The van der Waals surface area contributed by atoms with Crippen LogP contribution in [-0.4, -0.2) is 24.7 Å². The van der Waals surface area contributed by atoms with Crippen LogP contribution in [0.5, 0.6) is 5.75 Å². The van der Waals surface area contributed by atoms with Crippen LogP contribution in [0.4, 0.5) is 0 Å². The molecule has 1 atom stereocenters. The lowest BCUT2D eigenvalue weighted by Crippen LogP contribution is -2.32. The third-order valence-electron chi connectivity index (χ3n) is 3.32. The standard InChI is InChI=1S/C15H23NO3/c1-5-12(9-17)15(18)16-8-13-11(3)6-10(2)7-14(13)19-4/h6-7,12,17H,5,8-9H2,1-4H3,(H,16,18). The Morgan fingerprint density at radius 1 is 1.42 bits per heavy atom. The van der Waals surface area contributed by atoms with Gasteiger partial charge in [0.15, 0.2) is 0 Å². The number of aliphatic hydroxyl groups is 1. The van der Waals surface area contributed by atoms with Gasteiger partial charge in [0.05, 0.1) is 19.6 Å². The van der Waals surface area contributed by atoms with Crippen molar-refractivity contribution in [2.45, 2.75) is 33.7 Å². The molecule has 1 unspecified atom stereocenters. The van der Waals surface area contributed by atoms with E-state index in [-0.39, 0.29) is 18.4 Å². The van der Waals surface area contributed by atoms with Gasteiger partial charge < -0.3 is 15.2 Å². The van der Waals surface area contributed by atoms with Gasteiger partial charge in [0.25, 0.3) is 0 Å². The number of methoxy groups -OCH3 is 1. The molecule has 1 amide bonds. The maximum absolute atomic E-state index is 11.8. The second-order valence-corrected chi connectivity index (χ2v) is 4.77. The normalized spacial score (nSPS) is 12.1. The van der Waals surface area contributed by atoms with E-state index in [2.05, 4.69) is 11.4 Å². The molecule has 0 fully saturated rings. The molecule has 0 aliphatic heterocycles. The molecular formula is C15H23NO3. The Balaban J connectivity index is 2.80. The summed E-state index contributed by atoms with van der Waals surface area (Å²) in [7, 11) is 1.63. The van der Waals surface area contributed by atoms with E-state index in [0.717, 1.165) is 22.4 Å². The molecule has 19 heavy (non-hydrogen) atoms. The average molecular weight is 265 g/mol. The van der Waals surface area contributed by atoms with E-state index < -0.39 is 0 Å². The molecule has 0 aliphatic carbocycles. The van der Waals surface area contributed by atoms with E-state index in [0.29, 0.717) is 13.0 Å². The molecule has 0 heterocycles. The van der Waals surface area contributed by atoms with Crippen LogP contribution in [0.3, 0.4) is 0 Å². The zero-order valence-corrected chi connectivity index (χ0v) is 12.1. The first kappa shape index (κ1) is 15.5. The van der Waals surface area contributed by atoms with Crippen molar-refractivity contribution in [2.24, 2.45) is 5.92 Å². The molecule has 4 heteroatoms. The van der Waals surface area contributed by atoms with Gasteiger partial charge in [-0.05, 0) is 37.5 Å². The van der Waals surface area contributed by atoms with Crippen molar-refractivity contribution in [3.63, 3.8) is 0 Å². The number of ether oxygens (including phenoxy) is 1. The quantitative estimate of drug-likeness (QED) is 0.826. The zero-order valence-electron chi connectivity index (χ0n) is 12.1. The number of hydrogen-bond donors (Lipinski definition) is 2. The van der Waals surface area contributed by atoms with Gasteiger partial charge in [0.1, 0.15) is 5.75 Å².